The minimum Gasteiger partial charge on any atom is -0.242 e. The maximum absolute atomic E-state index is 12.7. The Morgan fingerprint density at radius 1 is 1.20 bits per heavy atom. The standard InChI is InChI=1S/C17H25NOS/c1-14-10-12-16(18(14)20(19)17(2,3)4)13-11-15-8-6-5-7-9-15/h5-9,11,13-14,16H,10,12H2,1-4H3/b13-11+/t14-,16-,20+/m0/s1. The molecule has 0 aliphatic carbocycles. The first kappa shape index (κ1) is 15.5. The Balaban J connectivity index is 2.15. The number of hydrogen-bond donors (Lipinski definition) is 0. The van der Waals surface area contributed by atoms with E-state index in [0.29, 0.717) is 6.04 Å². The van der Waals surface area contributed by atoms with Gasteiger partial charge in [-0.05, 0) is 46.1 Å². The van der Waals surface area contributed by atoms with Gasteiger partial charge >= 0.3 is 0 Å². The van der Waals surface area contributed by atoms with E-state index in [0.717, 1.165) is 12.8 Å². The number of benzene rings is 1. The van der Waals surface area contributed by atoms with Crippen LogP contribution in [0.25, 0.3) is 6.08 Å². The third-order valence-electron chi connectivity index (χ3n) is 3.67. The number of nitrogens with zero attached hydrogens (tertiary/aromatic N) is 1. The largest absolute Gasteiger partial charge is 0.242 e. The highest BCUT2D eigenvalue weighted by Crippen LogP contribution is 2.31. The molecule has 2 nitrogen and oxygen atoms in total. The molecule has 110 valence electrons. The molecule has 0 saturated carbocycles. The molecule has 1 heterocycles. The van der Waals surface area contributed by atoms with Crippen LogP contribution in [0.2, 0.25) is 0 Å². The molecule has 3 atom stereocenters. The summed E-state index contributed by atoms with van der Waals surface area (Å²) >= 11 is 0. The van der Waals surface area contributed by atoms with E-state index in [9.17, 15) is 4.21 Å². The Morgan fingerprint density at radius 3 is 2.45 bits per heavy atom. The Hall–Kier alpha value is -0.930. The van der Waals surface area contributed by atoms with Crippen molar-refractivity contribution in [3.63, 3.8) is 0 Å². The first-order valence-electron chi connectivity index (χ1n) is 7.33. The minimum absolute atomic E-state index is 0.197. The smallest absolute Gasteiger partial charge is 0.100 e. The number of rotatable bonds is 3. The molecule has 1 aromatic rings. The van der Waals surface area contributed by atoms with Gasteiger partial charge in [-0.25, -0.2) is 8.51 Å². The summed E-state index contributed by atoms with van der Waals surface area (Å²) in [5, 5.41) is 0. The number of hydrogen-bond acceptors (Lipinski definition) is 1. The molecule has 3 heteroatoms. The molecule has 1 saturated heterocycles. The fraction of sp³-hybridized carbons (Fsp3) is 0.529. The highest BCUT2D eigenvalue weighted by molar-refractivity contribution is 7.84. The van der Waals surface area contributed by atoms with Crippen molar-refractivity contribution in [1.82, 2.24) is 4.31 Å². The summed E-state index contributed by atoms with van der Waals surface area (Å²) in [4.78, 5) is 0. The molecule has 1 aromatic carbocycles. The molecular formula is C17H25NOS. The quantitative estimate of drug-likeness (QED) is 0.824. The van der Waals surface area contributed by atoms with Crippen molar-refractivity contribution in [2.45, 2.75) is 57.4 Å². The van der Waals surface area contributed by atoms with Crippen LogP contribution in [-0.2, 0) is 11.0 Å². The molecule has 2 rings (SSSR count). The highest BCUT2D eigenvalue weighted by Gasteiger charge is 2.37. The van der Waals surface area contributed by atoms with Crippen LogP contribution in [0, 0.1) is 0 Å². The summed E-state index contributed by atoms with van der Waals surface area (Å²) < 4.78 is 14.7. The molecule has 0 unspecified atom stereocenters. The second kappa shape index (κ2) is 6.23. The van der Waals surface area contributed by atoms with Crippen LogP contribution in [0.15, 0.2) is 36.4 Å². The van der Waals surface area contributed by atoms with Gasteiger partial charge < -0.3 is 0 Å². The summed E-state index contributed by atoms with van der Waals surface area (Å²) in [6, 6.07) is 11.0. The van der Waals surface area contributed by atoms with E-state index in [4.69, 9.17) is 0 Å². The van der Waals surface area contributed by atoms with Crippen LogP contribution < -0.4 is 0 Å². The third kappa shape index (κ3) is 3.58. The Kier molecular flexibility index (Phi) is 4.82. The summed E-state index contributed by atoms with van der Waals surface area (Å²) in [6.45, 7) is 8.32. The van der Waals surface area contributed by atoms with Crippen molar-refractivity contribution in [3.05, 3.63) is 42.0 Å². The molecule has 1 fully saturated rings. The Labute approximate surface area is 125 Å². The second-order valence-corrected chi connectivity index (χ2v) is 8.63. The van der Waals surface area contributed by atoms with E-state index in [1.54, 1.807) is 0 Å². The maximum Gasteiger partial charge on any atom is 0.100 e. The van der Waals surface area contributed by atoms with Crippen molar-refractivity contribution in [2.75, 3.05) is 0 Å². The zero-order valence-corrected chi connectivity index (χ0v) is 13.7. The SMILES string of the molecule is C[C@H]1CC[C@@H](/C=C/c2ccccc2)N1[S@](=O)C(C)(C)C. The fourth-order valence-electron chi connectivity index (χ4n) is 2.56. The predicted octanol–water partition coefficient (Wildman–Crippen LogP) is 4.01. The molecule has 20 heavy (non-hydrogen) atoms. The van der Waals surface area contributed by atoms with Gasteiger partial charge in [0.2, 0.25) is 0 Å². The van der Waals surface area contributed by atoms with Crippen LogP contribution in [0.1, 0.15) is 46.1 Å². The average molecular weight is 291 g/mol. The van der Waals surface area contributed by atoms with Crippen LogP contribution in [0.4, 0.5) is 0 Å². The Morgan fingerprint density at radius 2 is 1.85 bits per heavy atom. The second-order valence-electron chi connectivity index (χ2n) is 6.48. The first-order chi connectivity index (χ1) is 9.39. The van der Waals surface area contributed by atoms with Gasteiger partial charge in [0.15, 0.2) is 0 Å². The minimum atomic E-state index is -0.949. The zero-order chi connectivity index (χ0) is 14.8. The first-order valence-corrected chi connectivity index (χ1v) is 8.44. The van der Waals surface area contributed by atoms with Gasteiger partial charge in [0.05, 0.1) is 4.75 Å². The van der Waals surface area contributed by atoms with E-state index in [1.165, 1.54) is 5.56 Å². The molecule has 0 bridgehead atoms. The summed E-state index contributed by atoms with van der Waals surface area (Å²) in [6.07, 6.45) is 6.57. The van der Waals surface area contributed by atoms with Gasteiger partial charge in [0, 0.05) is 12.1 Å². The van der Waals surface area contributed by atoms with Crippen LogP contribution in [0.3, 0.4) is 0 Å². The van der Waals surface area contributed by atoms with Crippen LogP contribution in [0.5, 0.6) is 0 Å². The summed E-state index contributed by atoms with van der Waals surface area (Å²) in [5.74, 6) is 0. The van der Waals surface area contributed by atoms with E-state index >= 15 is 0 Å². The molecule has 0 radical (unpaired) electrons. The highest BCUT2D eigenvalue weighted by atomic mass is 32.2. The summed E-state index contributed by atoms with van der Waals surface area (Å²) in [5.41, 5.74) is 1.20. The van der Waals surface area contributed by atoms with Gasteiger partial charge in [-0.2, -0.15) is 0 Å². The van der Waals surface area contributed by atoms with E-state index in [-0.39, 0.29) is 10.8 Å². The lowest BCUT2D eigenvalue weighted by molar-refractivity contribution is 0.387. The third-order valence-corrected chi connectivity index (χ3v) is 5.73. The molecule has 1 aliphatic heterocycles. The van der Waals surface area contributed by atoms with Crippen molar-refractivity contribution >= 4 is 17.1 Å². The lowest BCUT2D eigenvalue weighted by atomic mass is 10.1. The van der Waals surface area contributed by atoms with Gasteiger partial charge in [-0.3, -0.25) is 0 Å². The van der Waals surface area contributed by atoms with Crippen LogP contribution in [-0.4, -0.2) is 25.3 Å². The lowest BCUT2D eigenvalue weighted by Gasteiger charge is -2.31. The topological polar surface area (TPSA) is 20.3 Å². The van der Waals surface area contributed by atoms with Crippen molar-refractivity contribution < 1.29 is 4.21 Å². The molecular weight excluding hydrogens is 266 g/mol. The molecule has 0 N–H and O–H groups in total. The maximum atomic E-state index is 12.7. The Bertz CT molecular complexity index is 489. The predicted molar refractivity (Wildman–Crippen MR) is 87.7 cm³/mol. The van der Waals surface area contributed by atoms with Crippen LogP contribution >= 0.6 is 0 Å². The van der Waals surface area contributed by atoms with E-state index < -0.39 is 11.0 Å². The van der Waals surface area contributed by atoms with Gasteiger partial charge in [0.25, 0.3) is 0 Å². The van der Waals surface area contributed by atoms with Gasteiger partial charge in [0.1, 0.15) is 11.0 Å². The molecule has 0 spiro atoms. The van der Waals surface area contributed by atoms with Crippen molar-refractivity contribution in [1.29, 1.82) is 0 Å². The lowest BCUT2D eigenvalue weighted by Crippen LogP contribution is -2.43. The average Bonchev–Trinajstić information content (AvgIpc) is 2.76. The van der Waals surface area contributed by atoms with Crippen molar-refractivity contribution in [2.24, 2.45) is 0 Å². The molecule has 0 amide bonds. The van der Waals surface area contributed by atoms with E-state index in [1.807, 2.05) is 39.0 Å². The molecule has 0 aromatic heterocycles. The monoisotopic (exact) mass is 291 g/mol. The fourth-order valence-corrected chi connectivity index (χ4v) is 4.05. The summed E-state index contributed by atoms with van der Waals surface area (Å²) in [7, 11) is -0.949. The van der Waals surface area contributed by atoms with Gasteiger partial charge in [-0.1, -0.05) is 42.5 Å². The van der Waals surface area contributed by atoms with E-state index in [2.05, 4.69) is 35.5 Å². The normalized spacial score (nSPS) is 26.2. The van der Waals surface area contributed by atoms with Crippen molar-refractivity contribution in [3.8, 4) is 0 Å². The molecule has 1 aliphatic rings. The van der Waals surface area contributed by atoms with Gasteiger partial charge in [-0.15, -0.1) is 0 Å². The zero-order valence-electron chi connectivity index (χ0n) is 12.9.